The second-order valence-electron chi connectivity index (χ2n) is 0.129. The van der Waals surface area contributed by atoms with Crippen LogP contribution in [0.5, 0.6) is 0 Å². The van der Waals surface area contributed by atoms with Gasteiger partial charge in [0.1, 0.15) is 0 Å². The number of hydrogen-bond acceptors (Lipinski definition) is 2. The number of nitrogens with two attached hydrogens (primary N) is 1. The second kappa shape index (κ2) is 10.7. The Kier molecular flexibility index (Phi) is 23.8. The fourth-order valence-electron chi connectivity index (χ4n) is 0. The van der Waals surface area contributed by atoms with Crippen molar-refractivity contribution >= 4 is 27.3 Å². The third kappa shape index (κ3) is 72.3. The fourth-order valence-corrected chi connectivity index (χ4v) is 0. The molecule has 0 fully saturated rings. The van der Waals surface area contributed by atoms with Gasteiger partial charge in [-0.25, -0.2) is 0 Å². The van der Waals surface area contributed by atoms with Crippen molar-refractivity contribution in [1.82, 2.24) is 0 Å². The van der Waals surface area contributed by atoms with E-state index < -0.39 is 0 Å². The average molecular weight is 251 g/mol. The first-order valence-corrected chi connectivity index (χ1v) is 0.512. The minimum atomic E-state index is 0. The summed E-state index contributed by atoms with van der Waals surface area (Å²) < 4.78 is 0. The SMILES string of the molecule is N#CN.[PbH2]. The Morgan fingerprint density at radius 1 is 1.75 bits per heavy atom. The normalized spacial score (nSPS) is 1.75. The predicted molar refractivity (Wildman–Crippen MR) is 18.3 cm³/mol. The first-order chi connectivity index (χ1) is 1.41. The van der Waals surface area contributed by atoms with E-state index in [1.54, 1.807) is 0 Å². The van der Waals surface area contributed by atoms with Gasteiger partial charge in [0, 0.05) is 0 Å². The van der Waals surface area contributed by atoms with Gasteiger partial charge in [-0.3, -0.25) is 0 Å². The van der Waals surface area contributed by atoms with E-state index in [4.69, 9.17) is 5.26 Å². The molecule has 0 aliphatic heterocycles. The van der Waals surface area contributed by atoms with Crippen LogP contribution in [0.2, 0.25) is 0 Å². The van der Waals surface area contributed by atoms with Crippen LogP contribution in [-0.2, 0) is 0 Å². The molecule has 0 heterocycles. The number of nitriles is 1. The number of rotatable bonds is 0. The second-order valence-corrected chi connectivity index (χ2v) is 0.129. The van der Waals surface area contributed by atoms with Gasteiger partial charge in [0.15, 0.2) is 6.19 Å². The fraction of sp³-hybridized carbons (Fsp3) is 0. The third-order valence-corrected chi connectivity index (χ3v) is 0. The van der Waals surface area contributed by atoms with Gasteiger partial charge >= 0.3 is 27.3 Å². The molecule has 22 valence electrons. The molecular formula is CH4N2Pb. The van der Waals surface area contributed by atoms with Crippen LogP contribution in [-0.4, -0.2) is 27.3 Å². The molecule has 0 atom stereocenters. The van der Waals surface area contributed by atoms with Crippen molar-refractivity contribution in [2.75, 3.05) is 0 Å². The van der Waals surface area contributed by atoms with Gasteiger partial charge in [0.05, 0.1) is 0 Å². The number of hydrogen-bond donors (Lipinski definition) is 1. The average Bonchev–Trinajstić information content (AvgIpc) is 0.918. The standard InChI is InChI=1S/CH2N2.Pb.2H/c2-1-3;;;/h2H2;;;. The summed E-state index contributed by atoms with van der Waals surface area (Å²) in [6, 6.07) is 0. The first-order valence-electron chi connectivity index (χ1n) is 0.512. The summed E-state index contributed by atoms with van der Waals surface area (Å²) in [6.45, 7) is 0. The van der Waals surface area contributed by atoms with Crippen LogP contribution in [0.3, 0.4) is 0 Å². The molecule has 3 heteroatoms. The zero-order valence-electron chi connectivity index (χ0n) is 2.23. The summed E-state index contributed by atoms with van der Waals surface area (Å²) in [6.07, 6.45) is 1.25. The van der Waals surface area contributed by atoms with Crippen molar-refractivity contribution in [3.8, 4) is 6.19 Å². The molecule has 0 bridgehead atoms. The Balaban J connectivity index is 0. The van der Waals surface area contributed by atoms with Gasteiger partial charge < -0.3 is 5.73 Å². The molecule has 0 saturated heterocycles. The van der Waals surface area contributed by atoms with Crippen molar-refractivity contribution in [2.45, 2.75) is 0 Å². The molecule has 2 radical (unpaired) electrons. The molecule has 2 N–H and O–H groups in total. The summed E-state index contributed by atoms with van der Waals surface area (Å²) in [5.41, 5.74) is 4.15. The van der Waals surface area contributed by atoms with E-state index in [0.717, 1.165) is 0 Å². The predicted octanol–water partition coefficient (Wildman–Crippen LogP) is -1.49. The summed E-state index contributed by atoms with van der Waals surface area (Å²) in [5.74, 6) is 0. The van der Waals surface area contributed by atoms with Gasteiger partial charge in [-0.2, -0.15) is 5.26 Å². The third-order valence-electron chi connectivity index (χ3n) is 0. The van der Waals surface area contributed by atoms with E-state index in [9.17, 15) is 0 Å². The van der Waals surface area contributed by atoms with E-state index >= 15 is 0 Å². The monoisotopic (exact) mass is 252 g/mol. The Morgan fingerprint density at radius 3 is 1.75 bits per heavy atom. The van der Waals surface area contributed by atoms with Gasteiger partial charge in [0.2, 0.25) is 0 Å². The molecule has 2 nitrogen and oxygen atoms in total. The molecule has 0 aromatic heterocycles. The van der Waals surface area contributed by atoms with Crippen LogP contribution in [0.25, 0.3) is 0 Å². The molecule has 0 aliphatic carbocycles. The molecule has 0 amide bonds. The summed E-state index contributed by atoms with van der Waals surface area (Å²) in [7, 11) is 0. The van der Waals surface area contributed by atoms with E-state index in [1.165, 1.54) is 6.19 Å². The van der Waals surface area contributed by atoms with E-state index in [0.29, 0.717) is 0 Å². The Hall–Kier alpha value is 0.212. The molecular weight excluding hydrogens is 247 g/mol. The molecule has 0 spiro atoms. The van der Waals surface area contributed by atoms with E-state index in [2.05, 4.69) is 5.73 Å². The summed E-state index contributed by atoms with van der Waals surface area (Å²) in [5, 5.41) is 7.10. The molecule has 0 aromatic rings. The van der Waals surface area contributed by atoms with Crippen LogP contribution >= 0.6 is 0 Å². The minimum absolute atomic E-state index is 0. The molecule has 0 unspecified atom stereocenters. The quantitative estimate of drug-likeness (QED) is 0.324. The van der Waals surface area contributed by atoms with Gasteiger partial charge in [-0.15, -0.1) is 0 Å². The van der Waals surface area contributed by atoms with Crippen LogP contribution in [0.1, 0.15) is 0 Å². The number of nitrogens with zero attached hydrogens (tertiary/aromatic N) is 1. The Bertz CT molecular complexity index is 27.5. The van der Waals surface area contributed by atoms with Crippen molar-refractivity contribution < 1.29 is 0 Å². The maximum atomic E-state index is 7.10. The molecule has 4 heavy (non-hydrogen) atoms. The summed E-state index contributed by atoms with van der Waals surface area (Å²) >= 11 is 0. The van der Waals surface area contributed by atoms with Crippen LogP contribution in [0.15, 0.2) is 0 Å². The summed E-state index contributed by atoms with van der Waals surface area (Å²) in [4.78, 5) is 0. The van der Waals surface area contributed by atoms with E-state index in [-0.39, 0.29) is 27.3 Å². The first kappa shape index (κ1) is 8.88. The van der Waals surface area contributed by atoms with Crippen molar-refractivity contribution in [3.05, 3.63) is 0 Å². The van der Waals surface area contributed by atoms with E-state index in [1.807, 2.05) is 0 Å². The molecule has 0 aliphatic rings. The topological polar surface area (TPSA) is 49.8 Å². The van der Waals surface area contributed by atoms with Gasteiger partial charge in [-0.05, 0) is 0 Å². The van der Waals surface area contributed by atoms with Crippen LogP contribution in [0.4, 0.5) is 0 Å². The van der Waals surface area contributed by atoms with Crippen molar-refractivity contribution in [2.24, 2.45) is 5.73 Å². The zero-order chi connectivity index (χ0) is 2.71. The van der Waals surface area contributed by atoms with Gasteiger partial charge in [-0.1, -0.05) is 0 Å². The van der Waals surface area contributed by atoms with Crippen LogP contribution < -0.4 is 5.73 Å². The van der Waals surface area contributed by atoms with Crippen molar-refractivity contribution in [3.63, 3.8) is 0 Å². The Morgan fingerprint density at radius 2 is 1.75 bits per heavy atom. The van der Waals surface area contributed by atoms with Crippen molar-refractivity contribution in [1.29, 1.82) is 5.26 Å². The zero-order valence-corrected chi connectivity index (χ0v) is 7.73. The Labute approximate surface area is 44.8 Å². The van der Waals surface area contributed by atoms with Crippen LogP contribution in [0, 0.1) is 11.5 Å². The van der Waals surface area contributed by atoms with Gasteiger partial charge in [0.25, 0.3) is 0 Å². The molecule has 0 rings (SSSR count). The molecule has 0 aromatic carbocycles. The molecule has 0 saturated carbocycles. The maximum absolute atomic E-state index is 7.10.